The Labute approximate surface area is 220 Å². The van der Waals surface area contributed by atoms with E-state index in [1.54, 1.807) is 12.1 Å². The molecule has 1 aromatic rings. The number of ether oxygens (including phenoxy) is 2. The molecule has 5 aliphatic rings. The van der Waals surface area contributed by atoms with E-state index in [4.69, 9.17) is 9.47 Å². The standard InChI is InChI=1S/C29H34O9/c30-13-19-24(33)26(35)27(36)28(38-19)37-18-6-4-5-16-20(18)25(34)21-17(22(16)31)11-14-12-29(8-2-1-3-9-29)10-7-15(14)23(21)32/h4-6,11,17,19,21,24,26-28,30,32-33,35-36H,1-3,7-10,12-13H2/t17-,19+,21+,24+,26-,27+,28-/m0/s1. The Bertz CT molecular complexity index is 1210. The molecule has 3 fully saturated rings. The minimum Gasteiger partial charge on any atom is -0.511 e. The molecule has 2 saturated carbocycles. The monoisotopic (exact) mass is 526 g/mol. The van der Waals surface area contributed by atoms with Crippen molar-refractivity contribution in [3.8, 4) is 5.75 Å². The Hall–Kier alpha value is -2.56. The highest BCUT2D eigenvalue weighted by Crippen LogP contribution is 2.54. The van der Waals surface area contributed by atoms with Crippen LogP contribution in [0.3, 0.4) is 0 Å². The number of benzene rings is 1. The van der Waals surface area contributed by atoms with Crippen LogP contribution in [-0.4, -0.2) is 74.4 Å². The molecule has 0 amide bonds. The number of allylic oxidation sites excluding steroid dienone is 4. The van der Waals surface area contributed by atoms with Gasteiger partial charge in [-0.3, -0.25) is 9.59 Å². The smallest absolute Gasteiger partial charge is 0.229 e. The van der Waals surface area contributed by atoms with Crippen LogP contribution < -0.4 is 4.74 Å². The molecule has 0 unspecified atom stereocenters. The molecule has 0 bridgehead atoms. The number of aliphatic hydroxyl groups is 5. The second kappa shape index (κ2) is 9.57. The predicted molar refractivity (Wildman–Crippen MR) is 134 cm³/mol. The highest BCUT2D eigenvalue weighted by atomic mass is 16.7. The summed E-state index contributed by atoms with van der Waals surface area (Å²) in [7, 11) is 0. The van der Waals surface area contributed by atoms with Gasteiger partial charge in [-0.15, -0.1) is 0 Å². The SMILES string of the molecule is O=C1c2c(O[C@H]3O[C@H](CO)[C@@H](O)[C@H](O)[C@H]3O)cccc2C(=O)[C@H]2C=C3CC4(CCCCC4)CCC3=C(O)[C@H]12. The highest BCUT2D eigenvalue weighted by Gasteiger charge is 2.50. The molecule has 1 aromatic carbocycles. The van der Waals surface area contributed by atoms with Crippen molar-refractivity contribution in [3.05, 3.63) is 52.3 Å². The van der Waals surface area contributed by atoms with E-state index in [0.717, 1.165) is 36.8 Å². The Morgan fingerprint density at radius 1 is 0.974 bits per heavy atom. The largest absolute Gasteiger partial charge is 0.511 e. The van der Waals surface area contributed by atoms with E-state index in [1.807, 2.05) is 6.08 Å². The second-order valence-corrected chi connectivity index (χ2v) is 11.5. The molecular weight excluding hydrogens is 492 g/mol. The van der Waals surface area contributed by atoms with Crippen LogP contribution in [0, 0.1) is 17.3 Å². The maximum absolute atomic E-state index is 13.9. The Morgan fingerprint density at radius 3 is 2.47 bits per heavy atom. The molecule has 7 atom stereocenters. The van der Waals surface area contributed by atoms with E-state index in [-0.39, 0.29) is 33.8 Å². The molecule has 6 rings (SSSR count). The summed E-state index contributed by atoms with van der Waals surface area (Å²) >= 11 is 0. The van der Waals surface area contributed by atoms with Crippen LogP contribution in [0.2, 0.25) is 0 Å². The Morgan fingerprint density at radius 2 is 1.74 bits per heavy atom. The van der Waals surface area contributed by atoms with Crippen LogP contribution >= 0.6 is 0 Å². The van der Waals surface area contributed by atoms with E-state index >= 15 is 0 Å². The van der Waals surface area contributed by atoms with Gasteiger partial charge < -0.3 is 35.0 Å². The summed E-state index contributed by atoms with van der Waals surface area (Å²) < 4.78 is 11.2. The van der Waals surface area contributed by atoms with Crippen LogP contribution in [0.1, 0.15) is 72.1 Å². The quantitative estimate of drug-likeness (QED) is 0.399. The van der Waals surface area contributed by atoms with Gasteiger partial charge in [-0.1, -0.05) is 37.5 Å². The van der Waals surface area contributed by atoms with Crippen molar-refractivity contribution in [2.75, 3.05) is 6.61 Å². The minimum absolute atomic E-state index is 0.0146. The van der Waals surface area contributed by atoms with Gasteiger partial charge in [0.1, 0.15) is 35.9 Å². The molecule has 9 heteroatoms. The molecule has 0 aromatic heterocycles. The second-order valence-electron chi connectivity index (χ2n) is 11.5. The van der Waals surface area contributed by atoms with Crippen molar-refractivity contribution in [1.29, 1.82) is 0 Å². The molecule has 1 heterocycles. The lowest BCUT2D eigenvalue weighted by Gasteiger charge is -2.45. The van der Waals surface area contributed by atoms with Gasteiger partial charge >= 0.3 is 0 Å². The van der Waals surface area contributed by atoms with Crippen molar-refractivity contribution < 1.29 is 44.6 Å². The number of Topliss-reactive ketones (excluding diaryl/α,β-unsaturated/α-hetero) is 2. The lowest BCUT2D eigenvalue weighted by Crippen LogP contribution is -2.60. The molecule has 5 N–H and O–H groups in total. The van der Waals surface area contributed by atoms with E-state index in [1.165, 1.54) is 25.3 Å². The number of fused-ring (bicyclic) bond motifs is 3. The predicted octanol–water partition coefficient (Wildman–Crippen LogP) is 2.36. The van der Waals surface area contributed by atoms with Gasteiger partial charge in [0.05, 0.1) is 24.0 Å². The summed E-state index contributed by atoms with van der Waals surface area (Å²) in [5.74, 6) is -2.66. The van der Waals surface area contributed by atoms with E-state index in [2.05, 4.69) is 0 Å². The van der Waals surface area contributed by atoms with Crippen LogP contribution in [0.15, 0.2) is 41.2 Å². The number of aliphatic hydroxyl groups excluding tert-OH is 5. The van der Waals surface area contributed by atoms with Crippen molar-refractivity contribution >= 4 is 11.6 Å². The van der Waals surface area contributed by atoms with Crippen molar-refractivity contribution in [3.63, 3.8) is 0 Å². The summed E-state index contributed by atoms with van der Waals surface area (Å²) in [6, 6.07) is 4.55. The zero-order valence-electron chi connectivity index (χ0n) is 21.1. The van der Waals surface area contributed by atoms with Crippen molar-refractivity contribution in [2.24, 2.45) is 17.3 Å². The number of rotatable bonds is 3. The van der Waals surface area contributed by atoms with Crippen LogP contribution in [0.25, 0.3) is 0 Å². The summed E-state index contributed by atoms with van der Waals surface area (Å²) in [6.45, 7) is -0.629. The molecule has 38 heavy (non-hydrogen) atoms. The maximum atomic E-state index is 13.9. The Balaban J connectivity index is 1.33. The van der Waals surface area contributed by atoms with E-state index in [9.17, 15) is 35.1 Å². The van der Waals surface area contributed by atoms with Gasteiger partial charge in [0.15, 0.2) is 11.6 Å². The molecular formula is C29H34O9. The summed E-state index contributed by atoms with van der Waals surface area (Å²) in [4.78, 5) is 27.6. The molecule has 4 aliphatic carbocycles. The van der Waals surface area contributed by atoms with Gasteiger partial charge in [0.2, 0.25) is 6.29 Å². The lowest BCUT2D eigenvalue weighted by molar-refractivity contribution is -0.277. The molecule has 1 aliphatic heterocycles. The normalized spacial score (nSPS) is 36.3. The fourth-order valence-corrected chi connectivity index (χ4v) is 7.23. The first-order chi connectivity index (χ1) is 18.2. The molecule has 1 saturated heterocycles. The van der Waals surface area contributed by atoms with Gasteiger partial charge in [0.25, 0.3) is 0 Å². The lowest BCUT2D eigenvalue weighted by atomic mass is 9.59. The highest BCUT2D eigenvalue weighted by molar-refractivity contribution is 6.19. The zero-order valence-corrected chi connectivity index (χ0v) is 21.1. The maximum Gasteiger partial charge on any atom is 0.229 e. The number of carbonyl (C=O) groups excluding carboxylic acids is 2. The number of ketones is 2. The topological polar surface area (TPSA) is 154 Å². The number of carbonyl (C=O) groups is 2. The van der Waals surface area contributed by atoms with Crippen LogP contribution in [0.5, 0.6) is 5.75 Å². The van der Waals surface area contributed by atoms with Crippen LogP contribution in [-0.2, 0) is 4.74 Å². The van der Waals surface area contributed by atoms with Gasteiger partial charge in [-0.25, -0.2) is 0 Å². The van der Waals surface area contributed by atoms with Crippen molar-refractivity contribution in [2.45, 2.75) is 82.1 Å². The first-order valence-corrected chi connectivity index (χ1v) is 13.6. The fourth-order valence-electron chi connectivity index (χ4n) is 7.23. The molecule has 204 valence electrons. The van der Waals surface area contributed by atoms with E-state index in [0.29, 0.717) is 6.42 Å². The Kier molecular flexibility index (Phi) is 6.47. The van der Waals surface area contributed by atoms with Gasteiger partial charge in [-0.2, -0.15) is 0 Å². The van der Waals surface area contributed by atoms with Gasteiger partial charge in [0, 0.05) is 5.56 Å². The summed E-state index contributed by atoms with van der Waals surface area (Å²) in [6.07, 6.45) is 2.76. The number of hydrogen-bond acceptors (Lipinski definition) is 9. The summed E-state index contributed by atoms with van der Waals surface area (Å²) in [5, 5.41) is 51.4. The van der Waals surface area contributed by atoms with E-state index < -0.39 is 54.9 Å². The minimum atomic E-state index is -1.67. The first-order valence-electron chi connectivity index (χ1n) is 13.6. The first kappa shape index (κ1) is 25.7. The molecule has 1 spiro atoms. The average molecular weight is 527 g/mol. The third-order valence-electron chi connectivity index (χ3n) is 9.33. The average Bonchev–Trinajstić information content (AvgIpc) is 2.92. The third kappa shape index (κ3) is 3.95. The zero-order chi connectivity index (χ0) is 26.8. The summed E-state index contributed by atoms with van der Waals surface area (Å²) in [5.41, 5.74) is 2.13. The fraction of sp³-hybridized carbons (Fsp3) is 0.586. The molecule has 0 radical (unpaired) electrons. The van der Waals surface area contributed by atoms with Crippen LogP contribution in [0.4, 0.5) is 0 Å². The third-order valence-corrected chi connectivity index (χ3v) is 9.33. The molecule has 9 nitrogen and oxygen atoms in total. The number of hydrogen-bond donors (Lipinski definition) is 5. The van der Waals surface area contributed by atoms with Crippen molar-refractivity contribution in [1.82, 2.24) is 0 Å². The van der Waals surface area contributed by atoms with Gasteiger partial charge in [-0.05, 0) is 54.7 Å².